The van der Waals surface area contributed by atoms with E-state index in [-0.39, 0.29) is 30.4 Å². The second-order valence-electron chi connectivity index (χ2n) is 9.91. The average Bonchev–Trinajstić information content (AvgIpc) is 3.04. The summed E-state index contributed by atoms with van der Waals surface area (Å²) in [7, 11) is 0. The summed E-state index contributed by atoms with van der Waals surface area (Å²) in [6.07, 6.45) is 3.50. The summed E-state index contributed by atoms with van der Waals surface area (Å²) in [4.78, 5) is 50.3. The van der Waals surface area contributed by atoms with Crippen molar-refractivity contribution in [3.63, 3.8) is 0 Å². The summed E-state index contributed by atoms with van der Waals surface area (Å²) in [6, 6.07) is 4.50. The lowest BCUT2D eigenvalue weighted by Crippen LogP contribution is -2.52. The maximum absolute atomic E-state index is 12.9. The van der Waals surface area contributed by atoms with Gasteiger partial charge in [-0.15, -0.1) is 0 Å². The number of piperidine rings is 1. The largest absolute Gasteiger partial charge is 0.488 e. The number of hydrogen-bond acceptors (Lipinski definition) is 6. The van der Waals surface area contributed by atoms with Gasteiger partial charge in [0.2, 0.25) is 11.8 Å². The highest BCUT2D eigenvalue weighted by molar-refractivity contribution is 6.05. The molecule has 9 nitrogen and oxygen atoms in total. The van der Waals surface area contributed by atoms with Crippen LogP contribution in [-0.4, -0.2) is 52.5 Å². The van der Waals surface area contributed by atoms with E-state index in [0.29, 0.717) is 24.3 Å². The Morgan fingerprint density at radius 2 is 1.88 bits per heavy atom. The van der Waals surface area contributed by atoms with E-state index in [2.05, 4.69) is 10.6 Å². The average molecular weight is 458 g/mol. The predicted octanol–water partition coefficient (Wildman–Crippen LogP) is 2.66. The lowest BCUT2D eigenvalue weighted by Gasteiger charge is -2.33. The number of nitrogens with zero attached hydrogens (tertiary/aromatic N) is 1. The van der Waals surface area contributed by atoms with Crippen LogP contribution in [0.1, 0.15) is 75.2 Å². The maximum atomic E-state index is 12.9. The third-order valence-corrected chi connectivity index (χ3v) is 6.19. The van der Waals surface area contributed by atoms with Crippen LogP contribution in [0.5, 0.6) is 5.75 Å². The third-order valence-electron chi connectivity index (χ3n) is 6.19. The van der Waals surface area contributed by atoms with Crippen molar-refractivity contribution in [2.75, 3.05) is 0 Å². The van der Waals surface area contributed by atoms with Crippen molar-refractivity contribution in [3.8, 4) is 5.75 Å². The molecule has 1 aromatic carbocycles. The number of ether oxygens (including phenoxy) is 2. The Kier molecular flexibility index (Phi) is 6.32. The first-order chi connectivity index (χ1) is 15.6. The SMILES string of the molecule is CC(C)(C)OC(=O)N[C@H]1CCCCC1Oc1ccc2c(c1)CN(C1CCC(=O)NC1=O)C2=O. The van der Waals surface area contributed by atoms with Gasteiger partial charge in [-0.1, -0.05) is 6.42 Å². The third kappa shape index (κ3) is 5.29. The quantitative estimate of drug-likeness (QED) is 0.672. The maximum Gasteiger partial charge on any atom is 0.408 e. The molecule has 178 valence electrons. The molecule has 0 radical (unpaired) electrons. The molecular weight excluding hydrogens is 426 g/mol. The fraction of sp³-hybridized carbons (Fsp3) is 0.583. The van der Waals surface area contributed by atoms with E-state index in [1.165, 1.54) is 4.90 Å². The number of imide groups is 1. The Hall–Kier alpha value is -3.10. The highest BCUT2D eigenvalue weighted by atomic mass is 16.6. The van der Waals surface area contributed by atoms with Gasteiger partial charge in [0, 0.05) is 18.5 Å². The van der Waals surface area contributed by atoms with E-state index >= 15 is 0 Å². The minimum absolute atomic E-state index is 0.163. The van der Waals surface area contributed by atoms with Crippen LogP contribution in [-0.2, 0) is 20.9 Å². The predicted molar refractivity (Wildman–Crippen MR) is 119 cm³/mol. The zero-order valence-electron chi connectivity index (χ0n) is 19.3. The number of fused-ring (bicyclic) bond motifs is 1. The minimum Gasteiger partial charge on any atom is -0.488 e. The van der Waals surface area contributed by atoms with Crippen LogP contribution in [0, 0.1) is 0 Å². The molecule has 3 aliphatic rings. The molecule has 4 rings (SSSR count). The minimum atomic E-state index is -0.646. The molecule has 0 aromatic heterocycles. The molecule has 2 fully saturated rings. The van der Waals surface area contributed by atoms with E-state index in [1.807, 2.05) is 26.8 Å². The van der Waals surface area contributed by atoms with Crippen LogP contribution in [0.15, 0.2) is 18.2 Å². The van der Waals surface area contributed by atoms with Crippen LogP contribution in [0.3, 0.4) is 0 Å². The van der Waals surface area contributed by atoms with Crippen molar-refractivity contribution in [1.29, 1.82) is 0 Å². The van der Waals surface area contributed by atoms with Crippen molar-refractivity contribution in [2.45, 2.75) is 89.6 Å². The van der Waals surface area contributed by atoms with Gasteiger partial charge in [-0.3, -0.25) is 19.7 Å². The van der Waals surface area contributed by atoms with Crippen LogP contribution < -0.4 is 15.4 Å². The fourth-order valence-corrected chi connectivity index (χ4v) is 4.66. The van der Waals surface area contributed by atoms with Gasteiger partial charge in [0.25, 0.3) is 5.91 Å². The molecule has 2 N–H and O–H groups in total. The summed E-state index contributed by atoms with van der Waals surface area (Å²) in [6.45, 7) is 5.77. The summed E-state index contributed by atoms with van der Waals surface area (Å²) in [5.74, 6) is -0.331. The van der Waals surface area contributed by atoms with E-state index in [0.717, 1.165) is 31.2 Å². The van der Waals surface area contributed by atoms with Crippen molar-refractivity contribution >= 4 is 23.8 Å². The second kappa shape index (κ2) is 9.03. The molecule has 3 atom stereocenters. The van der Waals surface area contributed by atoms with Gasteiger partial charge in [0.15, 0.2) is 0 Å². The monoisotopic (exact) mass is 457 g/mol. The Morgan fingerprint density at radius 3 is 2.61 bits per heavy atom. The van der Waals surface area contributed by atoms with E-state index in [1.54, 1.807) is 12.1 Å². The molecule has 33 heavy (non-hydrogen) atoms. The van der Waals surface area contributed by atoms with Gasteiger partial charge < -0.3 is 19.7 Å². The molecule has 2 unspecified atom stereocenters. The Bertz CT molecular complexity index is 969. The Balaban J connectivity index is 1.43. The van der Waals surface area contributed by atoms with Crippen LogP contribution in [0.2, 0.25) is 0 Å². The number of hydrogen-bond donors (Lipinski definition) is 2. The first kappa shape index (κ1) is 23.1. The smallest absolute Gasteiger partial charge is 0.408 e. The molecule has 1 saturated carbocycles. The Labute approximate surface area is 193 Å². The molecule has 2 aliphatic heterocycles. The van der Waals surface area contributed by atoms with Crippen LogP contribution in [0.25, 0.3) is 0 Å². The van der Waals surface area contributed by atoms with E-state index in [4.69, 9.17) is 9.47 Å². The number of amides is 4. The molecule has 1 saturated heterocycles. The first-order valence-corrected chi connectivity index (χ1v) is 11.5. The number of alkyl carbamates (subject to hydrolysis) is 1. The molecule has 1 aromatic rings. The highest BCUT2D eigenvalue weighted by Crippen LogP contribution is 2.32. The fourth-order valence-electron chi connectivity index (χ4n) is 4.66. The molecule has 0 bridgehead atoms. The summed E-state index contributed by atoms with van der Waals surface area (Å²) >= 11 is 0. The lowest BCUT2D eigenvalue weighted by molar-refractivity contribution is -0.136. The van der Waals surface area contributed by atoms with Crippen LogP contribution >= 0.6 is 0 Å². The van der Waals surface area contributed by atoms with Crippen LogP contribution in [0.4, 0.5) is 4.79 Å². The van der Waals surface area contributed by atoms with E-state index < -0.39 is 23.6 Å². The van der Waals surface area contributed by atoms with Gasteiger partial charge in [0.1, 0.15) is 23.5 Å². The van der Waals surface area contributed by atoms with Gasteiger partial charge >= 0.3 is 6.09 Å². The van der Waals surface area contributed by atoms with Gasteiger partial charge in [0.05, 0.1) is 6.04 Å². The number of benzene rings is 1. The molecule has 0 spiro atoms. The lowest BCUT2D eigenvalue weighted by atomic mass is 9.92. The topological polar surface area (TPSA) is 114 Å². The van der Waals surface area contributed by atoms with Gasteiger partial charge in [-0.2, -0.15) is 0 Å². The zero-order chi connectivity index (χ0) is 23.8. The van der Waals surface area contributed by atoms with Crippen molar-refractivity contribution < 1.29 is 28.7 Å². The standard InChI is InChI=1S/C24H31N3O6/c1-24(2,3)33-23(31)25-17-6-4-5-7-19(17)32-15-8-9-16-14(12-15)13-27(22(16)30)18-10-11-20(28)26-21(18)29/h8-9,12,17-19H,4-7,10-11,13H2,1-3H3,(H,25,31)(H,26,28,29)/t17-,18?,19?/m0/s1. The number of nitrogens with one attached hydrogen (secondary N) is 2. The zero-order valence-corrected chi connectivity index (χ0v) is 19.3. The molecular formula is C24H31N3O6. The van der Waals surface area contributed by atoms with Crippen molar-refractivity contribution in [1.82, 2.24) is 15.5 Å². The summed E-state index contributed by atoms with van der Waals surface area (Å²) < 4.78 is 11.6. The highest BCUT2D eigenvalue weighted by Gasteiger charge is 2.39. The normalized spacial score (nSPS) is 25.4. The molecule has 9 heteroatoms. The Morgan fingerprint density at radius 1 is 1.12 bits per heavy atom. The van der Waals surface area contributed by atoms with Crippen molar-refractivity contribution in [2.24, 2.45) is 0 Å². The van der Waals surface area contributed by atoms with E-state index in [9.17, 15) is 19.2 Å². The first-order valence-electron chi connectivity index (χ1n) is 11.5. The number of carbonyl (C=O) groups excluding carboxylic acids is 4. The summed E-state index contributed by atoms with van der Waals surface area (Å²) in [5.41, 5.74) is 0.754. The second-order valence-corrected chi connectivity index (χ2v) is 9.91. The van der Waals surface area contributed by atoms with Crippen molar-refractivity contribution in [3.05, 3.63) is 29.3 Å². The van der Waals surface area contributed by atoms with Gasteiger partial charge in [-0.05, 0) is 70.2 Å². The molecule has 1 aliphatic carbocycles. The summed E-state index contributed by atoms with van der Waals surface area (Å²) in [5, 5.41) is 5.26. The number of rotatable bonds is 4. The molecule has 2 heterocycles. The number of carbonyl (C=O) groups is 4. The molecule has 4 amide bonds. The van der Waals surface area contributed by atoms with Gasteiger partial charge in [-0.25, -0.2) is 4.79 Å².